The number of nitrogens with zero attached hydrogens (tertiary/aromatic N) is 5. The minimum absolute atomic E-state index is 0.0144. The molecule has 1 saturated heterocycles. The highest BCUT2D eigenvalue weighted by atomic mass is 16.3. The summed E-state index contributed by atoms with van der Waals surface area (Å²) in [6, 6.07) is 24.7. The number of furan rings is 1. The number of rotatable bonds is 7. The zero-order valence-electron chi connectivity index (χ0n) is 20.8. The number of aryl methyl sites for hydroxylation is 1. The van der Waals surface area contributed by atoms with Crippen LogP contribution >= 0.6 is 0 Å². The quantitative estimate of drug-likeness (QED) is 0.385. The molecule has 0 unspecified atom stereocenters. The zero-order chi connectivity index (χ0) is 25.6. The molecule has 2 aromatic heterocycles. The molecule has 1 aliphatic rings. The molecule has 4 aromatic rings. The zero-order valence-corrected chi connectivity index (χ0v) is 20.8. The van der Waals surface area contributed by atoms with Gasteiger partial charge in [-0.05, 0) is 43.3 Å². The standard InChI is InChI=1S/C29H29N5O3/c1-22-9-11-23(12-10-22)26-13-14-27(31-30-26)32-15-17-33(18-16-32)28(35)21-34(20-25-8-5-19-37-25)29(36)24-6-3-2-4-7-24/h2-14,19H,15-18,20-21H2,1H3. The number of hydrogen-bond acceptors (Lipinski definition) is 6. The van der Waals surface area contributed by atoms with Crippen molar-refractivity contribution in [1.82, 2.24) is 20.0 Å². The number of piperazine rings is 1. The number of benzene rings is 2. The Morgan fingerprint density at radius 1 is 0.865 bits per heavy atom. The highest BCUT2D eigenvalue weighted by molar-refractivity contribution is 5.96. The lowest BCUT2D eigenvalue weighted by Gasteiger charge is -2.36. The third kappa shape index (κ3) is 5.86. The molecule has 8 nitrogen and oxygen atoms in total. The van der Waals surface area contributed by atoms with Crippen LogP contribution in [0.4, 0.5) is 5.82 Å². The summed E-state index contributed by atoms with van der Waals surface area (Å²) in [6.45, 7) is 4.67. The first-order valence-electron chi connectivity index (χ1n) is 12.4. The Labute approximate surface area is 216 Å². The van der Waals surface area contributed by atoms with Gasteiger partial charge in [0.05, 0.1) is 18.5 Å². The van der Waals surface area contributed by atoms with Gasteiger partial charge >= 0.3 is 0 Å². The topological polar surface area (TPSA) is 82.8 Å². The average Bonchev–Trinajstić information content (AvgIpc) is 3.47. The van der Waals surface area contributed by atoms with Crippen LogP contribution in [-0.4, -0.2) is 64.5 Å². The normalized spacial score (nSPS) is 13.4. The number of anilines is 1. The Hall–Kier alpha value is -4.46. The van der Waals surface area contributed by atoms with E-state index in [0.717, 1.165) is 17.1 Å². The molecule has 5 rings (SSSR count). The number of carbonyl (C=O) groups is 2. The maximum Gasteiger partial charge on any atom is 0.254 e. The van der Waals surface area contributed by atoms with Crippen molar-refractivity contribution in [3.05, 3.63) is 102 Å². The van der Waals surface area contributed by atoms with Gasteiger partial charge in [0, 0.05) is 37.3 Å². The number of aromatic nitrogens is 2. The van der Waals surface area contributed by atoms with Gasteiger partial charge in [-0.1, -0.05) is 48.0 Å². The average molecular weight is 496 g/mol. The van der Waals surface area contributed by atoms with E-state index < -0.39 is 0 Å². The minimum Gasteiger partial charge on any atom is -0.467 e. The molecule has 2 aromatic carbocycles. The second-order valence-electron chi connectivity index (χ2n) is 9.12. The van der Waals surface area contributed by atoms with Crippen LogP contribution in [0.3, 0.4) is 0 Å². The van der Waals surface area contributed by atoms with E-state index in [1.54, 1.807) is 35.4 Å². The molecule has 1 fully saturated rings. The van der Waals surface area contributed by atoms with E-state index in [1.807, 2.05) is 42.5 Å². The fourth-order valence-electron chi connectivity index (χ4n) is 4.37. The lowest BCUT2D eigenvalue weighted by molar-refractivity contribution is -0.132. The molecule has 1 aliphatic heterocycles. The second kappa shape index (κ2) is 11.1. The van der Waals surface area contributed by atoms with Gasteiger partial charge in [0.2, 0.25) is 5.91 Å². The van der Waals surface area contributed by atoms with Crippen molar-refractivity contribution in [2.24, 2.45) is 0 Å². The van der Waals surface area contributed by atoms with Crippen molar-refractivity contribution in [3.8, 4) is 11.3 Å². The summed E-state index contributed by atoms with van der Waals surface area (Å²) in [6.07, 6.45) is 1.57. The molecular formula is C29H29N5O3. The number of amides is 2. The minimum atomic E-state index is -0.201. The Bertz CT molecular complexity index is 1310. The highest BCUT2D eigenvalue weighted by Crippen LogP contribution is 2.20. The lowest BCUT2D eigenvalue weighted by Crippen LogP contribution is -2.52. The summed E-state index contributed by atoms with van der Waals surface area (Å²) in [7, 11) is 0. The summed E-state index contributed by atoms with van der Waals surface area (Å²) in [4.78, 5) is 31.8. The molecule has 0 N–H and O–H groups in total. The maximum absolute atomic E-state index is 13.2. The van der Waals surface area contributed by atoms with Gasteiger partial charge < -0.3 is 19.1 Å². The molecule has 0 atom stereocenters. The van der Waals surface area contributed by atoms with Crippen LogP contribution in [0.25, 0.3) is 11.3 Å². The predicted molar refractivity (Wildman–Crippen MR) is 141 cm³/mol. The van der Waals surface area contributed by atoms with Crippen LogP contribution in [0.1, 0.15) is 21.7 Å². The van der Waals surface area contributed by atoms with Gasteiger partial charge in [0.15, 0.2) is 5.82 Å². The van der Waals surface area contributed by atoms with Crippen LogP contribution in [0.15, 0.2) is 89.5 Å². The molecule has 188 valence electrons. The summed E-state index contributed by atoms with van der Waals surface area (Å²) in [5.41, 5.74) is 3.61. The van der Waals surface area contributed by atoms with Gasteiger partial charge in [-0.3, -0.25) is 9.59 Å². The molecule has 8 heteroatoms. The van der Waals surface area contributed by atoms with Crippen LogP contribution < -0.4 is 4.90 Å². The van der Waals surface area contributed by atoms with Crippen molar-refractivity contribution in [2.45, 2.75) is 13.5 Å². The van der Waals surface area contributed by atoms with Gasteiger partial charge in [0.1, 0.15) is 12.3 Å². The van der Waals surface area contributed by atoms with E-state index in [4.69, 9.17) is 4.42 Å². The first kappa shape index (κ1) is 24.2. The Kier molecular flexibility index (Phi) is 7.26. The maximum atomic E-state index is 13.2. The van der Waals surface area contributed by atoms with Gasteiger partial charge in [0.25, 0.3) is 5.91 Å². The van der Waals surface area contributed by atoms with E-state index in [2.05, 4.69) is 34.2 Å². The third-order valence-corrected chi connectivity index (χ3v) is 6.52. The molecule has 0 radical (unpaired) electrons. The van der Waals surface area contributed by atoms with Crippen LogP contribution in [0.2, 0.25) is 0 Å². The summed E-state index contributed by atoms with van der Waals surface area (Å²) in [5, 5.41) is 8.83. The molecule has 0 saturated carbocycles. The van der Waals surface area contributed by atoms with Crippen molar-refractivity contribution in [3.63, 3.8) is 0 Å². The van der Waals surface area contributed by atoms with Gasteiger partial charge in [-0.2, -0.15) is 0 Å². The van der Waals surface area contributed by atoms with E-state index in [1.165, 1.54) is 10.5 Å². The van der Waals surface area contributed by atoms with Crippen LogP contribution in [-0.2, 0) is 11.3 Å². The molecule has 0 aliphatic carbocycles. The Balaban J connectivity index is 1.20. The predicted octanol–water partition coefficient (Wildman–Crippen LogP) is 4.04. The summed E-state index contributed by atoms with van der Waals surface area (Å²) in [5.74, 6) is 1.14. The van der Waals surface area contributed by atoms with E-state index in [9.17, 15) is 9.59 Å². The number of hydrogen-bond donors (Lipinski definition) is 0. The van der Waals surface area contributed by atoms with Gasteiger partial charge in [-0.25, -0.2) is 0 Å². The van der Waals surface area contributed by atoms with E-state index in [-0.39, 0.29) is 24.9 Å². The first-order chi connectivity index (χ1) is 18.1. The fraction of sp³-hybridized carbons (Fsp3) is 0.241. The van der Waals surface area contributed by atoms with Crippen molar-refractivity contribution < 1.29 is 14.0 Å². The fourth-order valence-corrected chi connectivity index (χ4v) is 4.37. The summed E-state index contributed by atoms with van der Waals surface area (Å²) >= 11 is 0. The Morgan fingerprint density at radius 2 is 1.62 bits per heavy atom. The van der Waals surface area contributed by atoms with Crippen LogP contribution in [0, 0.1) is 6.92 Å². The lowest BCUT2D eigenvalue weighted by atomic mass is 10.1. The highest BCUT2D eigenvalue weighted by Gasteiger charge is 2.26. The van der Waals surface area contributed by atoms with Gasteiger partial charge in [-0.15, -0.1) is 10.2 Å². The van der Waals surface area contributed by atoms with E-state index >= 15 is 0 Å². The third-order valence-electron chi connectivity index (χ3n) is 6.52. The van der Waals surface area contributed by atoms with E-state index in [0.29, 0.717) is 37.5 Å². The van der Waals surface area contributed by atoms with Crippen molar-refractivity contribution >= 4 is 17.6 Å². The monoisotopic (exact) mass is 495 g/mol. The van der Waals surface area contributed by atoms with Crippen LogP contribution in [0.5, 0.6) is 0 Å². The molecule has 0 bridgehead atoms. The SMILES string of the molecule is Cc1ccc(-c2ccc(N3CCN(C(=O)CN(Cc4ccco4)C(=O)c4ccccc4)CC3)nn2)cc1. The Morgan fingerprint density at radius 3 is 2.27 bits per heavy atom. The molecular weight excluding hydrogens is 466 g/mol. The second-order valence-corrected chi connectivity index (χ2v) is 9.12. The largest absolute Gasteiger partial charge is 0.467 e. The molecule has 37 heavy (non-hydrogen) atoms. The molecule has 2 amide bonds. The van der Waals surface area contributed by atoms with Crippen molar-refractivity contribution in [1.29, 1.82) is 0 Å². The molecule has 3 heterocycles. The smallest absolute Gasteiger partial charge is 0.254 e. The molecule has 0 spiro atoms. The first-order valence-corrected chi connectivity index (χ1v) is 12.4. The number of carbonyl (C=O) groups excluding carboxylic acids is 2. The van der Waals surface area contributed by atoms with Crippen molar-refractivity contribution in [2.75, 3.05) is 37.6 Å². The summed E-state index contributed by atoms with van der Waals surface area (Å²) < 4.78 is 5.44.